The number of aryl methyl sites for hydroxylation is 1. The summed E-state index contributed by atoms with van der Waals surface area (Å²) in [5.74, 6) is -1.29. The number of hydrogen-bond acceptors (Lipinski definition) is 2. The molecule has 1 saturated heterocycles. The van der Waals surface area contributed by atoms with Crippen molar-refractivity contribution < 1.29 is 13.6 Å². The third-order valence-electron chi connectivity index (χ3n) is 3.73. The van der Waals surface area contributed by atoms with Crippen molar-refractivity contribution in [3.8, 4) is 0 Å². The lowest BCUT2D eigenvalue weighted by Gasteiger charge is -2.22. The molecule has 20 heavy (non-hydrogen) atoms. The summed E-state index contributed by atoms with van der Waals surface area (Å²) >= 11 is 0. The Hall–Kier alpha value is -1.49. The molecule has 1 fully saturated rings. The van der Waals surface area contributed by atoms with Gasteiger partial charge in [0.1, 0.15) is 11.5 Å². The Kier molecular flexibility index (Phi) is 5.06. The molecular formula is C15H20F2N2O. The predicted octanol–water partition coefficient (Wildman–Crippen LogP) is 2.99. The number of nitrogens with one attached hydrogen (secondary N) is 2. The molecule has 1 aliphatic rings. The first-order valence-electron chi connectivity index (χ1n) is 7.03. The number of carbonyl (C=O) groups is 1. The van der Waals surface area contributed by atoms with E-state index < -0.39 is 11.6 Å². The van der Waals surface area contributed by atoms with Gasteiger partial charge in [-0.25, -0.2) is 8.78 Å². The van der Waals surface area contributed by atoms with Gasteiger partial charge in [0.05, 0.1) is 0 Å². The summed E-state index contributed by atoms with van der Waals surface area (Å²) in [5.41, 5.74) is -0.0186. The van der Waals surface area contributed by atoms with Crippen LogP contribution in [0.4, 0.5) is 14.5 Å². The van der Waals surface area contributed by atoms with Gasteiger partial charge in [0, 0.05) is 6.42 Å². The maximum Gasteiger partial charge on any atom is 0.224 e. The Morgan fingerprint density at radius 3 is 2.95 bits per heavy atom. The molecule has 1 aromatic rings. The fourth-order valence-corrected chi connectivity index (χ4v) is 2.48. The lowest BCUT2D eigenvalue weighted by molar-refractivity contribution is -0.116. The average molecular weight is 282 g/mol. The first-order chi connectivity index (χ1) is 9.58. The second-order valence-electron chi connectivity index (χ2n) is 5.35. The van der Waals surface area contributed by atoms with Crippen molar-refractivity contribution in [1.82, 2.24) is 5.32 Å². The maximum absolute atomic E-state index is 13.8. The Morgan fingerprint density at radius 2 is 2.25 bits per heavy atom. The van der Waals surface area contributed by atoms with E-state index in [0.717, 1.165) is 32.4 Å². The quantitative estimate of drug-likeness (QED) is 0.891. The molecule has 1 aromatic carbocycles. The van der Waals surface area contributed by atoms with Gasteiger partial charge in [-0.2, -0.15) is 0 Å². The number of halogens is 2. The van der Waals surface area contributed by atoms with Gasteiger partial charge >= 0.3 is 0 Å². The third-order valence-corrected chi connectivity index (χ3v) is 3.73. The van der Waals surface area contributed by atoms with Crippen molar-refractivity contribution in [2.75, 3.05) is 18.4 Å². The van der Waals surface area contributed by atoms with Gasteiger partial charge in [-0.3, -0.25) is 4.79 Å². The van der Waals surface area contributed by atoms with Gasteiger partial charge in [0.2, 0.25) is 5.91 Å². The van der Waals surface area contributed by atoms with Gasteiger partial charge in [0.15, 0.2) is 5.82 Å². The molecule has 2 rings (SSSR count). The molecular weight excluding hydrogens is 262 g/mol. The molecule has 5 heteroatoms. The normalized spacial score (nSPS) is 18.9. The molecule has 1 unspecified atom stereocenters. The zero-order chi connectivity index (χ0) is 14.5. The summed E-state index contributed by atoms with van der Waals surface area (Å²) in [6.45, 7) is 3.49. The minimum atomic E-state index is -0.735. The molecule has 3 nitrogen and oxygen atoms in total. The summed E-state index contributed by atoms with van der Waals surface area (Å²) in [5, 5.41) is 5.63. The topological polar surface area (TPSA) is 41.1 Å². The van der Waals surface area contributed by atoms with Gasteiger partial charge in [-0.1, -0.05) is 6.07 Å². The van der Waals surface area contributed by atoms with E-state index in [-0.39, 0.29) is 11.6 Å². The number of amides is 1. The van der Waals surface area contributed by atoms with E-state index in [9.17, 15) is 13.6 Å². The maximum atomic E-state index is 13.8. The summed E-state index contributed by atoms with van der Waals surface area (Å²) in [6.07, 6.45) is 3.26. The average Bonchev–Trinajstić information content (AvgIpc) is 2.46. The van der Waals surface area contributed by atoms with Crippen molar-refractivity contribution >= 4 is 11.6 Å². The molecule has 110 valence electrons. The van der Waals surface area contributed by atoms with Crippen LogP contribution in [0.3, 0.4) is 0 Å². The molecule has 1 aliphatic heterocycles. The number of carbonyl (C=O) groups excluding carboxylic acids is 1. The molecule has 2 N–H and O–H groups in total. The standard InChI is InChI=1S/C15H20F2N2O/c1-10-4-6-12(16)15(14(10)17)19-13(20)7-5-11-3-2-8-18-9-11/h4,6,11,18H,2-3,5,7-9H2,1H3,(H,19,20). The highest BCUT2D eigenvalue weighted by molar-refractivity contribution is 5.91. The second kappa shape index (κ2) is 6.79. The van der Waals surface area contributed by atoms with E-state index in [1.54, 1.807) is 0 Å². The van der Waals surface area contributed by atoms with E-state index in [2.05, 4.69) is 10.6 Å². The smallest absolute Gasteiger partial charge is 0.224 e. The van der Waals surface area contributed by atoms with Crippen molar-refractivity contribution in [3.63, 3.8) is 0 Å². The summed E-state index contributed by atoms with van der Waals surface area (Å²) in [6, 6.07) is 2.52. The van der Waals surface area contributed by atoms with Crippen molar-refractivity contribution in [3.05, 3.63) is 29.3 Å². The van der Waals surface area contributed by atoms with Crippen LogP contribution in [0.2, 0.25) is 0 Å². The van der Waals surface area contributed by atoms with E-state index in [4.69, 9.17) is 0 Å². The number of benzene rings is 1. The van der Waals surface area contributed by atoms with Gasteiger partial charge < -0.3 is 10.6 Å². The number of piperidine rings is 1. The van der Waals surface area contributed by atoms with Crippen LogP contribution in [0.25, 0.3) is 0 Å². The first-order valence-corrected chi connectivity index (χ1v) is 7.03. The minimum absolute atomic E-state index is 0.291. The Balaban J connectivity index is 1.89. The lowest BCUT2D eigenvalue weighted by Crippen LogP contribution is -2.30. The fraction of sp³-hybridized carbons (Fsp3) is 0.533. The van der Waals surface area contributed by atoms with E-state index >= 15 is 0 Å². The lowest BCUT2D eigenvalue weighted by atomic mass is 9.94. The molecule has 1 atom stereocenters. The number of hydrogen-bond donors (Lipinski definition) is 2. The molecule has 0 saturated carbocycles. The highest BCUT2D eigenvalue weighted by Gasteiger charge is 2.17. The van der Waals surface area contributed by atoms with Crippen LogP contribution >= 0.6 is 0 Å². The fourth-order valence-electron chi connectivity index (χ4n) is 2.48. The zero-order valence-electron chi connectivity index (χ0n) is 11.6. The molecule has 0 spiro atoms. The number of anilines is 1. The zero-order valence-corrected chi connectivity index (χ0v) is 11.6. The van der Waals surface area contributed by atoms with Gasteiger partial charge in [-0.05, 0) is 56.8 Å². The van der Waals surface area contributed by atoms with Crippen LogP contribution in [-0.4, -0.2) is 19.0 Å². The summed E-state index contributed by atoms with van der Waals surface area (Å²) < 4.78 is 27.3. The summed E-state index contributed by atoms with van der Waals surface area (Å²) in [7, 11) is 0. The largest absolute Gasteiger partial charge is 0.321 e. The molecule has 1 heterocycles. The summed E-state index contributed by atoms with van der Waals surface area (Å²) in [4.78, 5) is 11.8. The van der Waals surface area contributed by atoms with Crippen LogP contribution in [0.5, 0.6) is 0 Å². The Morgan fingerprint density at radius 1 is 1.45 bits per heavy atom. The number of rotatable bonds is 4. The molecule has 0 aromatic heterocycles. The monoisotopic (exact) mass is 282 g/mol. The predicted molar refractivity (Wildman–Crippen MR) is 74.6 cm³/mol. The van der Waals surface area contributed by atoms with Crippen LogP contribution in [-0.2, 0) is 4.79 Å². The van der Waals surface area contributed by atoms with Crippen LogP contribution in [0.15, 0.2) is 12.1 Å². The minimum Gasteiger partial charge on any atom is -0.321 e. The SMILES string of the molecule is Cc1ccc(F)c(NC(=O)CCC2CCCNC2)c1F. The van der Waals surface area contributed by atoms with Crippen molar-refractivity contribution in [1.29, 1.82) is 0 Å². The highest BCUT2D eigenvalue weighted by Crippen LogP contribution is 2.22. The Labute approximate surface area is 117 Å². The molecule has 1 amide bonds. The van der Waals surface area contributed by atoms with Crippen LogP contribution in [0.1, 0.15) is 31.2 Å². The molecule has 0 radical (unpaired) electrons. The van der Waals surface area contributed by atoms with Gasteiger partial charge in [-0.15, -0.1) is 0 Å². The second-order valence-corrected chi connectivity index (χ2v) is 5.35. The van der Waals surface area contributed by atoms with Gasteiger partial charge in [0.25, 0.3) is 0 Å². The van der Waals surface area contributed by atoms with E-state index in [1.807, 2.05) is 0 Å². The molecule has 0 bridgehead atoms. The van der Waals surface area contributed by atoms with E-state index in [0.29, 0.717) is 17.9 Å². The van der Waals surface area contributed by atoms with Crippen LogP contribution in [0, 0.1) is 24.5 Å². The first kappa shape index (κ1) is 14.9. The van der Waals surface area contributed by atoms with Crippen molar-refractivity contribution in [2.24, 2.45) is 5.92 Å². The van der Waals surface area contributed by atoms with Crippen molar-refractivity contribution in [2.45, 2.75) is 32.6 Å². The Bertz CT molecular complexity index is 485. The highest BCUT2D eigenvalue weighted by atomic mass is 19.1. The third kappa shape index (κ3) is 3.76. The molecule has 0 aliphatic carbocycles. The van der Waals surface area contributed by atoms with Crippen LogP contribution < -0.4 is 10.6 Å². The van der Waals surface area contributed by atoms with E-state index in [1.165, 1.54) is 19.1 Å².